The van der Waals surface area contributed by atoms with Gasteiger partial charge in [-0.2, -0.15) is 0 Å². The number of carbonyl (C=O) groups excluding carboxylic acids is 1. The van der Waals surface area contributed by atoms with Gasteiger partial charge < -0.3 is 10.4 Å². The maximum Gasteiger partial charge on any atom is 0.408 e. The van der Waals surface area contributed by atoms with Gasteiger partial charge in [0.15, 0.2) is 0 Å². The summed E-state index contributed by atoms with van der Waals surface area (Å²) in [5, 5.41) is 12.1. The van der Waals surface area contributed by atoms with E-state index in [4.69, 9.17) is 0 Å². The van der Waals surface area contributed by atoms with E-state index in [1.165, 1.54) is 0 Å². The number of carbonyl (C=O) groups is 2. The molecule has 0 aromatic carbocycles. The van der Waals surface area contributed by atoms with Crippen LogP contribution in [0.5, 0.6) is 0 Å². The molecule has 1 aliphatic rings. The predicted octanol–water partition coefficient (Wildman–Crippen LogP) is 3.29. The molecule has 2 atom stereocenters. The maximum absolute atomic E-state index is 14.0. The smallest absolute Gasteiger partial charge is 0.408 e. The van der Waals surface area contributed by atoms with Gasteiger partial charge in [0, 0.05) is 6.42 Å². The SMILES string of the molecule is CC(C)(C)[C@]1(C(=O)Nc2cccc(Br)n2)C[C@@H](F)CN1C(=O)O. The van der Waals surface area contributed by atoms with E-state index in [0.29, 0.717) is 4.60 Å². The molecule has 1 fully saturated rings. The highest BCUT2D eigenvalue weighted by molar-refractivity contribution is 9.10. The first kappa shape index (κ1) is 17.7. The normalized spacial score (nSPS) is 24.6. The average molecular weight is 388 g/mol. The lowest BCUT2D eigenvalue weighted by Gasteiger charge is -2.44. The molecule has 0 spiro atoms. The van der Waals surface area contributed by atoms with Gasteiger partial charge in [0.1, 0.15) is 22.1 Å². The van der Waals surface area contributed by atoms with Crippen LogP contribution in [-0.4, -0.2) is 45.2 Å². The van der Waals surface area contributed by atoms with Crippen LogP contribution in [0.3, 0.4) is 0 Å². The summed E-state index contributed by atoms with van der Waals surface area (Å²) < 4.78 is 14.5. The number of nitrogens with one attached hydrogen (secondary N) is 1. The first-order chi connectivity index (χ1) is 10.6. The van der Waals surface area contributed by atoms with Gasteiger partial charge in [-0.25, -0.2) is 14.2 Å². The monoisotopic (exact) mass is 387 g/mol. The van der Waals surface area contributed by atoms with E-state index in [1.54, 1.807) is 39.0 Å². The number of amides is 2. The molecular formula is C15H19BrFN3O3. The highest BCUT2D eigenvalue weighted by atomic mass is 79.9. The third-order valence-corrected chi connectivity index (χ3v) is 4.60. The quantitative estimate of drug-likeness (QED) is 0.762. The fourth-order valence-electron chi connectivity index (χ4n) is 3.06. The topological polar surface area (TPSA) is 82.5 Å². The maximum atomic E-state index is 14.0. The molecule has 23 heavy (non-hydrogen) atoms. The summed E-state index contributed by atoms with van der Waals surface area (Å²) >= 11 is 3.21. The first-order valence-corrected chi connectivity index (χ1v) is 7.96. The Bertz CT molecular complexity index is 635. The van der Waals surface area contributed by atoms with Crippen molar-refractivity contribution in [3.05, 3.63) is 22.8 Å². The predicted molar refractivity (Wildman–Crippen MR) is 87.0 cm³/mol. The number of aromatic nitrogens is 1. The summed E-state index contributed by atoms with van der Waals surface area (Å²) in [6, 6.07) is 4.98. The minimum atomic E-state index is -1.50. The second-order valence-corrected chi connectivity index (χ2v) is 7.42. The zero-order valence-corrected chi connectivity index (χ0v) is 14.7. The van der Waals surface area contributed by atoms with Crippen molar-refractivity contribution >= 4 is 33.7 Å². The minimum absolute atomic E-state index is 0.178. The van der Waals surface area contributed by atoms with Gasteiger partial charge in [-0.3, -0.25) is 9.69 Å². The molecule has 2 amide bonds. The number of halogens is 2. The molecular weight excluding hydrogens is 369 g/mol. The zero-order valence-electron chi connectivity index (χ0n) is 13.1. The Morgan fingerprint density at radius 3 is 2.65 bits per heavy atom. The lowest BCUT2D eigenvalue weighted by molar-refractivity contribution is -0.132. The van der Waals surface area contributed by atoms with Gasteiger partial charge in [0.2, 0.25) is 0 Å². The molecule has 8 heteroatoms. The van der Waals surface area contributed by atoms with Gasteiger partial charge in [0.05, 0.1) is 6.54 Å². The molecule has 1 aromatic rings. The molecule has 0 bridgehead atoms. The fraction of sp³-hybridized carbons (Fsp3) is 0.533. The zero-order chi connectivity index (χ0) is 17.4. The lowest BCUT2D eigenvalue weighted by Crippen LogP contribution is -2.62. The van der Waals surface area contributed by atoms with Crippen LogP contribution < -0.4 is 5.32 Å². The van der Waals surface area contributed by atoms with E-state index in [2.05, 4.69) is 26.2 Å². The first-order valence-electron chi connectivity index (χ1n) is 7.16. The van der Waals surface area contributed by atoms with Gasteiger partial charge >= 0.3 is 6.09 Å². The Balaban J connectivity index is 2.43. The van der Waals surface area contributed by atoms with Crippen molar-refractivity contribution in [2.24, 2.45) is 5.41 Å². The molecule has 126 valence electrons. The van der Waals surface area contributed by atoms with Crippen LogP contribution in [0.1, 0.15) is 27.2 Å². The van der Waals surface area contributed by atoms with Crippen molar-refractivity contribution in [1.29, 1.82) is 0 Å². The van der Waals surface area contributed by atoms with Crippen LogP contribution in [-0.2, 0) is 4.79 Å². The van der Waals surface area contributed by atoms with Crippen molar-refractivity contribution in [3.8, 4) is 0 Å². The standard InChI is InChI=1S/C15H19BrFN3O3/c1-14(2,3)15(7-9(17)8-20(15)13(22)23)12(21)19-11-6-4-5-10(16)18-11/h4-6,9H,7-8H2,1-3H3,(H,22,23)(H,18,19,21)/t9-,15-/m1/s1. The highest BCUT2D eigenvalue weighted by Gasteiger charge is 2.60. The Hall–Kier alpha value is -1.70. The molecule has 2 rings (SSSR count). The molecule has 1 aliphatic heterocycles. The van der Waals surface area contributed by atoms with Crippen molar-refractivity contribution in [2.45, 2.75) is 38.9 Å². The Morgan fingerprint density at radius 2 is 2.13 bits per heavy atom. The molecule has 2 N–H and O–H groups in total. The number of carboxylic acid groups (broad SMARTS) is 1. The van der Waals surface area contributed by atoms with Gasteiger partial charge in [-0.05, 0) is 33.5 Å². The van der Waals surface area contributed by atoms with Crippen LogP contribution in [0.4, 0.5) is 15.0 Å². The third kappa shape index (κ3) is 3.17. The van der Waals surface area contributed by atoms with E-state index in [0.717, 1.165) is 4.90 Å². The summed E-state index contributed by atoms with van der Waals surface area (Å²) in [6.07, 6.45) is -2.87. The third-order valence-electron chi connectivity index (χ3n) is 4.16. The Kier molecular flexibility index (Phi) is 4.66. The second-order valence-electron chi connectivity index (χ2n) is 6.60. The average Bonchev–Trinajstić information content (AvgIpc) is 2.77. The number of hydrogen-bond acceptors (Lipinski definition) is 3. The number of pyridine rings is 1. The molecule has 0 radical (unpaired) electrons. The summed E-state index contributed by atoms with van der Waals surface area (Å²) in [5.74, 6) is -0.293. The van der Waals surface area contributed by atoms with Crippen LogP contribution in [0, 0.1) is 5.41 Å². The largest absolute Gasteiger partial charge is 0.465 e. The summed E-state index contributed by atoms with van der Waals surface area (Å²) in [4.78, 5) is 29.5. The highest BCUT2D eigenvalue weighted by Crippen LogP contribution is 2.45. The summed E-state index contributed by atoms with van der Waals surface area (Å²) in [5.41, 5.74) is -2.29. The van der Waals surface area contributed by atoms with E-state index in [9.17, 15) is 19.1 Å². The molecule has 6 nitrogen and oxygen atoms in total. The molecule has 0 aliphatic carbocycles. The van der Waals surface area contributed by atoms with Crippen molar-refractivity contribution in [3.63, 3.8) is 0 Å². The molecule has 0 unspecified atom stereocenters. The molecule has 0 saturated carbocycles. The number of likely N-dealkylation sites (tertiary alicyclic amines) is 1. The van der Waals surface area contributed by atoms with Crippen molar-refractivity contribution < 1.29 is 19.1 Å². The van der Waals surface area contributed by atoms with Gasteiger partial charge in [-0.15, -0.1) is 0 Å². The van der Waals surface area contributed by atoms with Crippen molar-refractivity contribution in [2.75, 3.05) is 11.9 Å². The second kappa shape index (κ2) is 6.07. The van der Waals surface area contributed by atoms with Crippen LogP contribution >= 0.6 is 15.9 Å². The number of rotatable bonds is 2. The Morgan fingerprint density at radius 1 is 1.48 bits per heavy atom. The summed E-state index contributed by atoms with van der Waals surface area (Å²) in [6.45, 7) is 4.88. The number of nitrogens with zero attached hydrogens (tertiary/aromatic N) is 2. The summed E-state index contributed by atoms with van der Waals surface area (Å²) in [7, 11) is 0. The Labute approximate surface area is 142 Å². The number of anilines is 1. The van der Waals surface area contributed by atoms with Gasteiger partial charge in [-0.1, -0.05) is 26.8 Å². The molecule has 1 aromatic heterocycles. The van der Waals surface area contributed by atoms with Crippen LogP contribution in [0.15, 0.2) is 22.8 Å². The minimum Gasteiger partial charge on any atom is -0.465 e. The number of alkyl halides is 1. The van der Waals surface area contributed by atoms with Crippen molar-refractivity contribution in [1.82, 2.24) is 9.88 Å². The molecule has 1 saturated heterocycles. The molecule has 2 heterocycles. The van der Waals surface area contributed by atoms with Crippen LogP contribution in [0.25, 0.3) is 0 Å². The lowest BCUT2D eigenvalue weighted by atomic mass is 9.71. The number of hydrogen-bond donors (Lipinski definition) is 2. The van der Waals surface area contributed by atoms with Crippen LogP contribution in [0.2, 0.25) is 0 Å². The fourth-order valence-corrected chi connectivity index (χ4v) is 3.40. The van der Waals surface area contributed by atoms with E-state index in [-0.39, 0.29) is 18.8 Å². The van der Waals surface area contributed by atoms with E-state index in [1.807, 2.05) is 0 Å². The van der Waals surface area contributed by atoms with Gasteiger partial charge in [0.25, 0.3) is 5.91 Å². The van der Waals surface area contributed by atoms with E-state index < -0.39 is 29.1 Å². The van der Waals surface area contributed by atoms with E-state index >= 15 is 0 Å².